The summed E-state index contributed by atoms with van der Waals surface area (Å²) in [6.45, 7) is 1.39. The lowest BCUT2D eigenvalue weighted by Gasteiger charge is -2.29. The molecule has 8 heteroatoms. The predicted octanol–water partition coefficient (Wildman–Crippen LogP) is 4.29. The Morgan fingerprint density at radius 2 is 1.76 bits per heavy atom. The van der Waals surface area contributed by atoms with Crippen molar-refractivity contribution in [2.75, 3.05) is 4.90 Å². The summed E-state index contributed by atoms with van der Waals surface area (Å²) in [5.74, 6) is -1.17. The number of fused-ring (bicyclic) bond motifs is 1. The molecule has 1 aliphatic rings. The van der Waals surface area contributed by atoms with Crippen molar-refractivity contribution in [2.24, 2.45) is 0 Å². The number of rotatable bonds is 4. The molecule has 6 nitrogen and oxygen atoms in total. The second-order valence-electron chi connectivity index (χ2n) is 8.05. The molecule has 2 heterocycles. The lowest BCUT2D eigenvalue weighted by Crippen LogP contribution is -2.38. The monoisotopic (exact) mass is 446 g/mol. The van der Waals surface area contributed by atoms with Gasteiger partial charge in [-0.15, -0.1) is 0 Å². The molecule has 0 unspecified atom stereocenters. The van der Waals surface area contributed by atoms with Crippen LogP contribution in [0.25, 0.3) is 16.6 Å². The molecule has 166 valence electrons. The van der Waals surface area contributed by atoms with Gasteiger partial charge in [0.25, 0.3) is 0 Å². The van der Waals surface area contributed by atoms with E-state index < -0.39 is 17.9 Å². The van der Waals surface area contributed by atoms with Crippen LogP contribution in [0.1, 0.15) is 24.9 Å². The van der Waals surface area contributed by atoms with Crippen LogP contribution in [-0.2, 0) is 9.59 Å². The van der Waals surface area contributed by atoms with Crippen LogP contribution in [0, 0.1) is 11.6 Å². The molecular weight excluding hydrogens is 426 g/mol. The fraction of sp³-hybridized carbons (Fsp3) is 0.160. The Morgan fingerprint density at radius 1 is 1.00 bits per heavy atom. The minimum atomic E-state index is -0.554. The zero-order valence-electron chi connectivity index (χ0n) is 17.7. The Morgan fingerprint density at radius 3 is 2.48 bits per heavy atom. The molecule has 1 aliphatic heterocycles. The van der Waals surface area contributed by atoms with E-state index in [2.05, 4.69) is 10.4 Å². The van der Waals surface area contributed by atoms with Crippen molar-refractivity contribution in [1.82, 2.24) is 15.1 Å². The van der Waals surface area contributed by atoms with E-state index in [1.807, 2.05) is 12.1 Å². The van der Waals surface area contributed by atoms with Gasteiger partial charge < -0.3 is 10.2 Å². The first-order chi connectivity index (χ1) is 15.9. The zero-order chi connectivity index (χ0) is 23.1. The molecule has 1 aromatic heterocycles. The van der Waals surface area contributed by atoms with Gasteiger partial charge in [-0.25, -0.2) is 13.5 Å². The molecule has 1 N–H and O–H groups in total. The summed E-state index contributed by atoms with van der Waals surface area (Å²) in [6.07, 6.45) is 1.78. The molecule has 0 aliphatic carbocycles. The van der Waals surface area contributed by atoms with Gasteiger partial charge in [0.05, 0.1) is 29.5 Å². The summed E-state index contributed by atoms with van der Waals surface area (Å²) < 4.78 is 29.0. The van der Waals surface area contributed by atoms with E-state index in [1.54, 1.807) is 46.1 Å². The Bertz CT molecular complexity index is 1370. The smallest absolute Gasteiger partial charge is 0.229 e. The van der Waals surface area contributed by atoms with Gasteiger partial charge in [-0.3, -0.25) is 9.59 Å². The van der Waals surface area contributed by atoms with E-state index in [0.29, 0.717) is 16.9 Å². The minimum Gasteiger partial charge on any atom is -0.351 e. The second kappa shape index (κ2) is 8.12. The van der Waals surface area contributed by atoms with E-state index in [1.165, 1.54) is 31.2 Å². The topological polar surface area (TPSA) is 67.2 Å². The molecule has 0 radical (unpaired) electrons. The minimum absolute atomic E-state index is 0.105. The number of halogens is 2. The Labute approximate surface area is 188 Å². The normalized spacial score (nSPS) is 18.2. The van der Waals surface area contributed by atoms with Crippen LogP contribution in [0.3, 0.4) is 0 Å². The lowest BCUT2D eigenvalue weighted by molar-refractivity contribution is -0.119. The summed E-state index contributed by atoms with van der Waals surface area (Å²) in [7, 11) is 0. The molecule has 0 spiro atoms. The van der Waals surface area contributed by atoms with Crippen LogP contribution < -0.4 is 10.2 Å². The van der Waals surface area contributed by atoms with Crippen molar-refractivity contribution >= 4 is 28.4 Å². The highest BCUT2D eigenvalue weighted by molar-refractivity contribution is 6.00. The van der Waals surface area contributed by atoms with Gasteiger partial charge >= 0.3 is 0 Å². The van der Waals surface area contributed by atoms with Crippen molar-refractivity contribution in [3.8, 4) is 5.69 Å². The quantitative estimate of drug-likeness (QED) is 0.509. The molecule has 2 amide bonds. The van der Waals surface area contributed by atoms with Gasteiger partial charge in [-0.1, -0.05) is 12.1 Å². The maximum Gasteiger partial charge on any atom is 0.229 e. The highest BCUT2D eigenvalue weighted by Crippen LogP contribution is 2.38. The molecule has 5 rings (SSSR count). The fourth-order valence-electron chi connectivity index (χ4n) is 4.46. The number of carbonyl (C=O) groups excluding carboxylic acids is 2. The number of anilines is 1. The van der Waals surface area contributed by atoms with Crippen LogP contribution in [-0.4, -0.2) is 27.6 Å². The van der Waals surface area contributed by atoms with Gasteiger partial charge in [0, 0.05) is 24.4 Å². The Hall–Kier alpha value is -4.07. The third-order valence-corrected chi connectivity index (χ3v) is 5.80. The van der Waals surface area contributed by atoms with Crippen LogP contribution in [0.5, 0.6) is 0 Å². The molecule has 1 fully saturated rings. The first kappa shape index (κ1) is 20.8. The molecule has 33 heavy (non-hydrogen) atoms. The van der Waals surface area contributed by atoms with Crippen molar-refractivity contribution < 1.29 is 18.4 Å². The van der Waals surface area contributed by atoms with Crippen LogP contribution in [0.4, 0.5) is 14.5 Å². The fourth-order valence-corrected chi connectivity index (χ4v) is 4.46. The van der Waals surface area contributed by atoms with E-state index >= 15 is 0 Å². The lowest BCUT2D eigenvalue weighted by atomic mass is 9.99. The maximum absolute atomic E-state index is 14.0. The Balaban J connectivity index is 1.57. The van der Waals surface area contributed by atoms with Gasteiger partial charge in [0.1, 0.15) is 11.6 Å². The van der Waals surface area contributed by atoms with Gasteiger partial charge in [-0.2, -0.15) is 5.10 Å². The third kappa shape index (κ3) is 3.84. The average molecular weight is 446 g/mol. The second-order valence-corrected chi connectivity index (χ2v) is 8.05. The summed E-state index contributed by atoms with van der Waals surface area (Å²) in [4.78, 5) is 26.4. The number of hydrogen-bond acceptors (Lipinski definition) is 3. The van der Waals surface area contributed by atoms with Gasteiger partial charge in [0.2, 0.25) is 11.8 Å². The van der Waals surface area contributed by atoms with Crippen LogP contribution in [0.2, 0.25) is 0 Å². The number of nitrogens with zero attached hydrogens (tertiary/aromatic N) is 3. The number of amides is 2. The molecule has 1 saturated heterocycles. The highest BCUT2D eigenvalue weighted by atomic mass is 19.1. The average Bonchev–Trinajstić information content (AvgIpc) is 3.34. The maximum atomic E-state index is 14.0. The van der Waals surface area contributed by atoms with Crippen molar-refractivity contribution in [1.29, 1.82) is 0 Å². The predicted molar refractivity (Wildman–Crippen MR) is 120 cm³/mol. The SMILES string of the molecule is CC(=O)N[C@H]1CC(=O)N(c2ccc3c(cnn3-c3ccc(F)cc3)c2)[C@@H]1c1cccc(F)c1. The van der Waals surface area contributed by atoms with E-state index in [0.717, 1.165) is 10.9 Å². The summed E-state index contributed by atoms with van der Waals surface area (Å²) >= 11 is 0. The molecule has 0 bridgehead atoms. The summed E-state index contributed by atoms with van der Waals surface area (Å²) in [5, 5.41) is 8.03. The Kier molecular flexibility index (Phi) is 5.12. The van der Waals surface area contributed by atoms with Crippen LogP contribution in [0.15, 0.2) is 72.9 Å². The van der Waals surface area contributed by atoms with Gasteiger partial charge in [-0.05, 0) is 60.2 Å². The van der Waals surface area contributed by atoms with Crippen molar-refractivity contribution in [3.05, 3.63) is 90.1 Å². The molecule has 2 atom stereocenters. The first-order valence-corrected chi connectivity index (χ1v) is 10.5. The first-order valence-electron chi connectivity index (χ1n) is 10.5. The molecule has 0 saturated carbocycles. The van der Waals surface area contributed by atoms with E-state index in [4.69, 9.17) is 0 Å². The standard InChI is InChI=1S/C25H20F2N4O2/c1-15(32)29-22-13-24(33)30(25(22)16-3-2-4-19(27)11-16)21-9-10-23-17(12-21)14-28-31(23)20-7-5-18(26)6-8-20/h2-12,14,22,25H,13H2,1H3,(H,29,32)/t22-,25+/m0/s1. The third-order valence-electron chi connectivity index (χ3n) is 5.80. The number of benzene rings is 3. The van der Waals surface area contributed by atoms with Crippen molar-refractivity contribution in [2.45, 2.75) is 25.4 Å². The van der Waals surface area contributed by atoms with Crippen molar-refractivity contribution in [3.63, 3.8) is 0 Å². The summed E-state index contributed by atoms with van der Waals surface area (Å²) in [5.41, 5.74) is 2.72. The van der Waals surface area contributed by atoms with E-state index in [-0.39, 0.29) is 24.1 Å². The highest BCUT2D eigenvalue weighted by Gasteiger charge is 2.42. The summed E-state index contributed by atoms with van der Waals surface area (Å²) in [6, 6.07) is 16.5. The zero-order valence-corrected chi connectivity index (χ0v) is 17.7. The largest absolute Gasteiger partial charge is 0.351 e. The van der Waals surface area contributed by atoms with Gasteiger partial charge in [0.15, 0.2) is 0 Å². The number of carbonyl (C=O) groups is 2. The number of nitrogens with one attached hydrogen (secondary N) is 1. The van der Waals surface area contributed by atoms with E-state index in [9.17, 15) is 18.4 Å². The molecular formula is C25H20F2N4O2. The molecule has 4 aromatic rings. The number of hydrogen-bond donors (Lipinski definition) is 1. The van der Waals surface area contributed by atoms with Crippen LogP contribution >= 0.6 is 0 Å². The number of aromatic nitrogens is 2. The molecule has 3 aromatic carbocycles.